The van der Waals surface area contributed by atoms with Crippen molar-refractivity contribution in [3.63, 3.8) is 0 Å². The lowest BCUT2D eigenvalue weighted by Crippen LogP contribution is -2.18. The molecule has 0 atom stereocenters. The number of benzene rings is 4. The number of pyridine rings is 1. The molecule has 0 aliphatic heterocycles. The summed E-state index contributed by atoms with van der Waals surface area (Å²) in [6.07, 6.45) is 1.58. The third kappa shape index (κ3) is 6.68. The van der Waals surface area contributed by atoms with Crippen molar-refractivity contribution in [2.45, 2.75) is 13.5 Å². The summed E-state index contributed by atoms with van der Waals surface area (Å²) in [7, 11) is 0. The summed E-state index contributed by atoms with van der Waals surface area (Å²) in [5.74, 6) is 0.870. The van der Waals surface area contributed by atoms with Gasteiger partial charge in [-0.25, -0.2) is 10.4 Å². The zero-order valence-corrected chi connectivity index (χ0v) is 25.3. The molecule has 0 spiro atoms. The number of hydrogen-bond donors (Lipinski definition) is 1. The van der Waals surface area contributed by atoms with Crippen molar-refractivity contribution in [1.82, 2.24) is 10.4 Å². The van der Waals surface area contributed by atoms with Crippen LogP contribution in [0.25, 0.3) is 22.2 Å². The molecule has 1 amide bonds. The summed E-state index contributed by atoms with van der Waals surface area (Å²) in [6.45, 7) is 2.80. The summed E-state index contributed by atoms with van der Waals surface area (Å²) in [5, 5.41) is 4.99. The van der Waals surface area contributed by atoms with Gasteiger partial charge in [-0.2, -0.15) is 5.10 Å². The first-order valence-electron chi connectivity index (χ1n) is 12.6. The van der Waals surface area contributed by atoms with E-state index in [-0.39, 0.29) is 5.91 Å². The quantitative estimate of drug-likeness (QED) is 0.0959. The van der Waals surface area contributed by atoms with Gasteiger partial charge in [-0.1, -0.05) is 60.7 Å². The number of para-hydroxylation sites is 1. The highest BCUT2D eigenvalue weighted by atomic mass is 127. The number of ether oxygens (including phenoxy) is 2. The van der Waals surface area contributed by atoms with Crippen LogP contribution >= 0.6 is 38.5 Å². The molecule has 4 aromatic carbocycles. The summed E-state index contributed by atoms with van der Waals surface area (Å²) in [4.78, 5) is 18.0. The molecule has 0 saturated carbocycles. The van der Waals surface area contributed by atoms with E-state index in [0.717, 1.165) is 37.8 Å². The fourth-order valence-electron chi connectivity index (χ4n) is 4.15. The van der Waals surface area contributed by atoms with Gasteiger partial charge in [0.15, 0.2) is 11.5 Å². The van der Waals surface area contributed by atoms with Crippen molar-refractivity contribution in [2.24, 2.45) is 5.10 Å². The highest BCUT2D eigenvalue weighted by Crippen LogP contribution is 2.37. The van der Waals surface area contributed by atoms with Crippen LogP contribution in [0.1, 0.15) is 28.4 Å². The molecule has 0 radical (unpaired) electrons. The average molecular weight is 706 g/mol. The molecule has 0 fully saturated rings. The first kappa shape index (κ1) is 27.8. The fourth-order valence-corrected chi connectivity index (χ4v) is 5.08. The van der Waals surface area contributed by atoms with E-state index in [0.29, 0.717) is 30.3 Å². The highest BCUT2D eigenvalue weighted by molar-refractivity contribution is 14.1. The smallest absolute Gasteiger partial charge is 0.272 e. The van der Waals surface area contributed by atoms with E-state index in [4.69, 9.17) is 14.5 Å². The van der Waals surface area contributed by atoms with Crippen LogP contribution in [0.4, 0.5) is 0 Å². The molecular formula is C32H25BrIN3O3. The summed E-state index contributed by atoms with van der Waals surface area (Å²) in [6, 6.07) is 31.0. The van der Waals surface area contributed by atoms with E-state index >= 15 is 0 Å². The molecule has 0 bridgehead atoms. The third-order valence-corrected chi connectivity index (χ3v) is 7.35. The van der Waals surface area contributed by atoms with Gasteiger partial charge in [-0.3, -0.25) is 4.79 Å². The SMILES string of the molecule is CCOc1cc(/C=N/NC(=O)c2cc(-c3ccccc3)nc3ccccc23)cc(Br)c1OCc1ccc(I)cc1. The van der Waals surface area contributed by atoms with Gasteiger partial charge >= 0.3 is 0 Å². The molecule has 0 unspecified atom stereocenters. The minimum absolute atomic E-state index is 0.325. The number of carbonyl (C=O) groups is 1. The van der Waals surface area contributed by atoms with Crippen LogP contribution < -0.4 is 14.9 Å². The lowest BCUT2D eigenvalue weighted by molar-refractivity contribution is 0.0956. The van der Waals surface area contributed by atoms with Crippen molar-refractivity contribution in [3.8, 4) is 22.8 Å². The van der Waals surface area contributed by atoms with Crippen LogP contribution in [0.2, 0.25) is 0 Å². The first-order valence-corrected chi connectivity index (χ1v) is 14.5. The molecule has 5 rings (SSSR count). The Labute approximate surface area is 254 Å². The largest absolute Gasteiger partial charge is 0.490 e. The monoisotopic (exact) mass is 705 g/mol. The van der Waals surface area contributed by atoms with Gasteiger partial charge in [0.2, 0.25) is 0 Å². The second-order valence-corrected chi connectivity index (χ2v) is 10.9. The Kier molecular flexibility index (Phi) is 9.08. The predicted octanol–water partition coefficient (Wildman–Crippen LogP) is 8.01. The molecule has 1 N–H and O–H groups in total. The number of amides is 1. The van der Waals surface area contributed by atoms with Crippen molar-refractivity contribution in [2.75, 3.05) is 6.61 Å². The molecular weight excluding hydrogens is 681 g/mol. The van der Waals surface area contributed by atoms with Crippen LogP contribution in [0, 0.1) is 3.57 Å². The predicted molar refractivity (Wildman–Crippen MR) is 171 cm³/mol. The molecule has 1 aromatic heterocycles. The standard InChI is InChI=1S/C32H25BrIN3O3/c1-2-39-30-17-22(16-27(33)31(30)40-20-21-12-14-24(34)15-13-21)19-35-37-32(38)26-18-29(23-8-4-3-5-9-23)36-28-11-7-6-10-25(26)28/h3-19H,2,20H2,1H3,(H,37,38)/b35-19+. The maximum absolute atomic E-state index is 13.3. The molecule has 40 heavy (non-hydrogen) atoms. The molecule has 0 aliphatic carbocycles. The Hall–Kier alpha value is -3.76. The minimum Gasteiger partial charge on any atom is -0.490 e. The summed E-state index contributed by atoms with van der Waals surface area (Å²) in [5.41, 5.74) is 7.36. The Morgan fingerprint density at radius 3 is 2.50 bits per heavy atom. The third-order valence-electron chi connectivity index (χ3n) is 6.04. The maximum atomic E-state index is 13.3. The van der Waals surface area contributed by atoms with Gasteiger partial charge in [0.25, 0.3) is 5.91 Å². The Bertz CT molecular complexity index is 1680. The lowest BCUT2D eigenvalue weighted by Gasteiger charge is -2.15. The number of hydrazone groups is 1. The van der Waals surface area contributed by atoms with E-state index in [1.165, 1.54) is 3.57 Å². The first-order chi connectivity index (χ1) is 19.5. The average Bonchev–Trinajstić information content (AvgIpc) is 2.97. The molecule has 200 valence electrons. The van der Waals surface area contributed by atoms with Gasteiger partial charge in [-0.15, -0.1) is 0 Å². The number of carbonyl (C=O) groups excluding carboxylic acids is 1. The Morgan fingerprint density at radius 2 is 1.73 bits per heavy atom. The van der Waals surface area contributed by atoms with E-state index in [9.17, 15) is 4.79 Å². The zero-order chi connectivity index (χ0) is 27.9. The summed E-state index contributed by atoms with van der Waals surface area (Å²) < 4.78 is 13.8. The van der Waals surface area contributed by atoms with Crippen molar-refractivity contribution >= 4 is 61.5 Å². The van der Waals surface area contributed by atoms with Gasteiger partial charge in [0.05, 0.1) is 34.1 Å². The maximum Gasteiger partial charge on any atom is 0.272 e. The molecule has 6 nitrogen and oxygen atoms in total. The lowest BCUT2D eigenvalue weighted by atomic mass is 10.0. The van der Waals surface area contributed by atoms with Crippen LogP contribution in [-0.4, -0.2) is 23.7 Å². The molecule has 0 aliphatic rings. The highest BCUT2D eigenvalue weighted by Gasteiger charge is 2.15. The number of hydrogen-bond acceptors (Lipinski definition) is 5. The topological polar surface area (TPSA) is 72.8 Å². The van der Waals surface area contributed by atoms with Gasteiger partial charge in [0.1, 0.15) is 6.61 Å². The molecule has 1 heterocycles. The second kappa shape index (κ2) is 13.1. The van der Waals surface area contributed by atoms with Crippen LogP contribution in [0.3, 0.4) is 0 Å². The van der Waals surface area contributed by atoms with E-state index < -0.39 is 0 Å². The van der Waals surface area contributed by atoms with Gasteiger partial charge < -0.3 is 9.47 Å². The van der Waals surface area contributed by atoms with Gasteiger partial charge in [0, 0.05) is 14.5 Å². The van der Waals surface area contributed by atoms with Crippen molar-refractivity contribution in [1.29, 1.82) is 0 Å². The van der Waals surface area contributed by atoms with Crippen molar-refractivity contribution in [3.05, 3.63) is 122 Å². The van der Waals surface area contributed by atoms with Crippen molar-refractivity contribution < 1.29 is 14.3 Å². The molecule has 8 heteroatoms. The number of rotatable bonds is 9. The van der Waals surface area contributed by atoms with E-state index in [2.05, 4.69) is 49.0 Å². The number of nitrogens with zero attached hydrogens (tertiary/aromatic N) is 2. The normalized spacial score (nSPS) is 11.1. The Balaban J connectivity index is 1.36. The fraction of sp³-hybridized carbons (Fsp3) is 0.0938. The molecule has 0 saturated heterocycles. The number of nitrogens with one attached hydrogen (secondary N) is 1. The van der Waals surface area contributed by atoms with Crippen LogP contribution in [0.15, 0.2) is 107 Å². The van der Waals surface area contributed by atoms with Crippen LogP contribution in [-0.2, 0) is 6.61 Å². The van der Waals surface area contributed by atoms with Crippen LogP contribution in [0.5, 0.6) is 11.5 Å². The van der Waals surface area contributed by atoms with E-state index in [1.54, 1.807) is 12.3 Å². The second-order valence-electron chi connectivity index (χ2n) is 8.82. The minimum atomic E-state index is -0.325. The number of fused-ring (bicyclic) bond motifs is 1. The zero-order valence-electron chi connectivity index (χ0n) is 21.6. The van der Waals surface area contributed by atoms with E-state index in [1.807, 2.05) is 97.9 Å². The number of aromatic nitrogens is 1. The Morgan fingerprint density at radius 1 is 0.975 bits per heavy atom. The number of halogens is 2. The molecule has 5 aromatic rings. The van der Waals surface area contributed by atoms with Gasteiger partial charge in [-0.05, 0) is 93.0 Å². The summed E-state index contributed by atoms with van der Waals surface area (Å²) >= 11 is 5.88.